The van der Waals surface area contributed by atoms with Crippen LogP contribution in [0.5, 0.6) is 0 Å². The van der Waals surface area contributed by atoms with E-state index in [-0.39, 0.29) is 16.2 Å². The van der Waals surface area contributed by atoms with Crippen molar-refractivity contribution in [2.45, 2.75) is 78.6 Å². The molecular weight excluding hydrogens is 393 g/mol. The Kier molecular flexibility index (Phi) is 7.30. The summed E-state index contributed by atoms with van der Waals surface area (Å²) in [5.41, 5.74) is 6.51. The highest BCUT2D eigenvalue weighted by molar-refractivity contribution is 7.87. The molecule has 0 spiro atoms. The summed E-state index contributed by atoms with van der Waals surface area (Å²) in [5.74, 6) is 2.09. The molecule has 0 heterocycles. The Morgan fingerprint density at radius 3 is 1.66 bits per heavy atom. The Morgan fingerprint density at radius 2 is 1.24 bits per heavy atom. The van der Waals surface area contributed by atoms with E-state index in [1.54, 1.807) is 0 Å². The van der Waals surface area contributed by atoms with E-state index in [4.69, 9.17) is 11.2 Å². The van der Waals surface area contributed by atoms with Crippen molar-refractivity contribution in [3.8, 4) is 0 Å². The highest BCUT2D eigenvalue weighted by Crippen LogP contribution is 2.49. The number of hydrogen-bond acceptors (Lipinski definition) is 1. The second kappa shape index (κ2) is 8.83. The van der Waals surface area contributed by atoms with E-state index in [2.05, 4.69) is 104 Å². The van der Waals surface area contributed by atoms with E-state index in [0.717, 1.165) is 5.56 Å². The minimum absolute atomic E-state index is 0.0137. The van der Waals surface area contributed by atoms with Crippen molar-refractivity contribution in [2.24, 2.45) is 0 Å². The monoisotopic (exact) mass is 429 g/mol. The molecule has 0 aromatic heterocycles. The van der Waals surface area contributed by atoms with E-state index < -0.39 is 7.43 Å². The molecule has 0 aliphatic rings. The standard InChI is InChI=1S/C26H37ClNP/c1-24(2,3)20-17-21(25(4,5)6)23(22(18-20)26(7,8)9)28-29(27)16-15-19-13-11-10-12-14-19/h10-18,28H,1-9H3/b16-15+. The zero-order valence-electron chi connectivity index (χ0n) is 19.5. The molecule has 29 heavy (non-hydrogen) atoms. The third-order valence-corrected chi connectivity index (χ3v) is 6.48. The topological polar surface area (TPSA) is 12.0 Å². The molecular formula is C26H37ClNP. The normalized spacial score (nSPS) is 14.3. The van der Waals surface area contributed by atoms with Gasteiger partial charge in [0, 0.05) is 5.69 Å². The first-order valence-electron chi connectivity index (χ1n) is 10.3. The van der Waals surface area contributed by atoms with Crippen LogP contribution in [0.15, 0.2) is 48.3 Å². The molecule has 2 aromatic carbocycles. The minimum atomic E-state index is -1.00. The van der Waals surface area contributed by atoms with Gasteiger partial charge in [-0.3, -0.25) is 0 Å². The van der Waals surface area contributed by atoms with Crippen molar-refractivity contribution in [3.63, 3.8) is 0 Å². The fraction of sp³-hybridized carbons (Fsp3) is 0.462. The summed E-state index contributed by atoms with van der Waals surface area (Å²) in [4.78, 5) is 0. The van der Waals surface area contributed by atoms with Gasteiger partial charge in [-0.25, -0.2) is 0 Å². The Labute approximate surface area is 184 Å². The summed E-state index contributed by atoms with van der Waals surface area (Å²) >= 11 is 6.81. The molecule has 0 bridgehead atoms. The molecule has 0 radical (unpaired) electrons. The van der Waals surface area contributed by atoms with Crippen molar-refractivity contribution in [3.05, 3.63) is 70.5 Å². The maximum absolute atomic E-state index is 6.81. The summed E-state index contributed by atoms with van der Waals surface area (Å²) in [5, 5.41) is 3.68. The maximum atomic E-state index is 6.81. The van der Waals surface area contributed by atoms with E-state index >= 15 is 0 Å². The van der Waals surface area contributed by atoms with Crippen molar-refractivity contribution < 1.29 is 0 Å². The average molecular weight is 430 g/mol. The first kappa shape index (κ1) is 24.0. The van der Waals surface area contributed by atoms with Crippen molar-refractivity contribution in [1.82, 2.24) is 0 Å². The largest absolute Gasteiger partial charge is 0.348 e. The van der Waals surface area contributed by atoms with Crippen LogP contribution < -0.4 is 5.09 Å². The lowest BCUT2D eigenvalue weighted by atomic mass is 9.74. The van der Waals surface area contributed by atoms with Gasteiger partial charge in [0.25, 0.3) is 0 Å². The first-order valence-corrected chi connectivity index (χ1v) is 12.7. The van der Waals surface area contributed by atoms with Crippen molar-refractivity contribution in [2.75, 3.05) is 5.09 Å². The summed E-state index contributed by atoms with van der Waals surface area (Å²) < 4.78 is 0. The smallest absolute Gasteiger partial charge is 0.111 e. The molecule has 1 atom stereocenters. The summed E-state index contributed by atoms with van der Waals surface area (Å²) in [7, 11) is -1.00. The average Bonchev–Trinajstić information content (AvgIpc) is 2.58. The third-order valence-electron chi connectivity index (χ3n) is 5.04. The van der Waals surface area contributed by atoms with Gasteiger partial charge >= 0.3 is 0 Å². The van der Waals surface area contributed by atoms with Gasteiger partial charge in [0.1, 0.15) is 7.43 Å². The zero-order valence-corrected chi connectivity index (χ0v) is 21.2. The molecule has 1 unspecified atom stereocenters. The Balaban J connectivity index is 2.54. The molecule has 158 valence electrons. The summed E-state index contributed by atoms with van der Waals surface area (Å²) in [6.07, 6.45) is 2.10. The molecule has 1 N–H and O–H groups in total. The van der Waals surface area contributed by atoms with Crippen LogP contribution in [0, 0.1) is 0 Å². The van der Waals surface area contributed by atoms with Crippen LogP contribution in [0.3, 0.4) is 0 Å². The van der Waals surface area contributed by atoms with Crippen molar-refractivity contribution >= 4 is 30.4 Å². The van der Waals surface area contributed by atoms with Crippen LogP contribution in [0.25, 0.3) is 6.08 Å². The second-order valence-electron chi connectivity index (χ2n) is 10.8. The molecule has 3 heteroatoms. The zero-order chi connectivity index (χ0) is 22.0. The van der Waals surface area contributed by atoms with Crippen LogP contribution >= 0.6 is 18.7 Å². The van der Waals surface area contributed by atoms with E-state index in [9.17, 15) is 0 Å². The van der Waals surface area contributed by atoms with Crippen molar-refractivity contribution in [1.29, 1.82) is 0 Å². The van der Waals surface area contributed by atoms with E-state index in [0.29, 0.717) is 0 Å². The van der Waals surface area contributed by atoms with Crippen LogP contribution in [0.2, 0.25) is 0 Å². The van der Waals surface area contributed by atoms with Gasteiger partial charge < -0.3 is 5.09 Å². The predicted octanol–water partition coefficient (Wildman–Crippen LogP) is 9.21. The summed E-state index contributed by atoms with van der Waals surface area (Å²) in [6.45, 7) is 20.5. The molecule has 0 aliphatic carbocycles. The predicted molar refractivity (Wildman–Crippen MR) is 134 cm³/mol. The highest BCUT2D eigenvalue weighted by atomic mass is 35.7. The van der Waals surface area contributed by atoms with Crippen LogP contribution in [0.1, 0.15) is 84.6 Å². The van der Waals surface area contributed by atoms with Crippen LogP contribution in [-0.4, -0.2) is 0 Å². The molecule has 2 aromatic rings. The quantitative estimate of drug-likeness (QED) is 0.477. The van der Waals surface area contributed by atoms with Crippen LogP contribution in [0.4, 0.5) is 5.69 Å². The highest BCUT2D eigenvalue weighted by Gasteiger charge is 2.29. The molecule has 1 nitrogen and oxygen atoms in total. The lowest BCUT2D eigenvalue weighted by Gasteiger charge is -2.34. The van der Waals surface area contributed by atoms with Gasteiger partial charge in [0.15, 0.2) is 0 Å². The lowest BCUT2D eigenvalue weighted by Crippen LogP contribution is -2.23. The Hall–Kier alpha value is -1.30. The van der Waals surface area contributed by atoms with Crippen LogP contribution in [-0.2, 0) is 16.2 Å². The van der Waals surface area contributed by atoms with Gasteiger partial charge in [-0.1, -0.05) is 122 Å². The SMILES string of the molecule is CC(C)(C)c1cc(C(C)(C)C)c(NP(Cl)/C=C/c2ccccc2)c(C(C)(C)C)c1. The number of anilines is 1. The number of halogens is 1. The molecule has 2 rings (SSSR count). The molecule has 0 saturated carbocycles. The minimum Gasteiger partial charge on any atom is -0.348 e. The van der Waals surface area contributed by atoms with Gasteiger partial charge in [0.2, 0.25) is 0 Å². The third kappa shape index (κ3) is 6.59. The molecule has 0 saturated heterocycles. The molecule has 0 aliphatic heterocycles. The van der Waals surface area contributed by atoms with Gasteiger partial charge in [0.05, 0.1) is 0 Å². The van der Waals surface area contributed by atoms with Gasteiger partial charge in [-0.15, -0.1) is 0 Å². The second-order valence-corrected chi connectivity index (χ2v) is 13.1. The summed E-state index contributed by atoms with van der Waals surface area (Å²) in [6, 6.07) is 15.1. The van der Waals surface area contributed by atoms with Gasteiger partial charge in [-0.05, 0) is 44.3 Å². The first-order chi connectivity index (χ1) is 13.2. The molecule has 0 amide bonds. The van der Waals surface area contributed by atoms with E-state index in [1.165, 1.54) is 22.4 Å². The van der Waals surface area contributed by atoms with E-state index in [1.807, 2.05) is 18.2 Å². The Morgan fingerprint density at radius 1 is 0.759 bits per heavy atom. The molecule has 0 fully saturated rings. The fourth-order valence-electron chi connectivity index (χ4n) is 3.24. The number of hydrogen-bond donors (Lipinski definition) is 1. The van der Waals surface area contributed by atoms with Gasteiger partial charge in [-0.2, -0.15) is 0 Å². The lowest BCUT2D eigenvalue weighted by molar-refractivity contribution is 0.551. The fourth-order valence-corrected chi connectivity index (χ4v) is 4.49. The number of benzene rings is 2. The number of rotatable bonds is 4. The number of nitrogens with one attached hydrogen (secondary N) is 1. The Bertz CT molecular complexity index is 814. The maximum Gasteiger partial charge on any atom is 0.111 e.